The van der Waals surface area contributed by atoms with Crippen molar-refractivity contribution in [1.82, 2.24) is 9.88 Å². The molecule has 0 N–H and O–H groups in total. The number of rotatable bonds is 3. The van der Waals surface area contributed by atoms with Gasteiger partial charge in [-0.1, -0.05) is 12.1 Å². The number of benzene rings is 1. The predicted molar refractivity (Wildman–Crippen MR) is 84.2 cm³/mol. The molecule has 2 amide bonds. The molecule has 21 heavy (non-hydrogen) atoms. The lowest BCUT2D eigenvalue weighted by Gasteiger charge is -2.16. The topological polar surface area (TPSA) is 59.5 Å². The quantitative estimate of drug-likeness (QED) is 0.593. The molecule has 0 aliphatic carbocycles. The molecule has 2 aromatic rings. The largest absolute Gasteiger partial charge is 0.481 e. The Morgan fingerprint density at radius 1 is 1.14 bits per heavy atom. The molecule has 2 heterocycles. The highest BCUT2D eigenvalue weighted by molar-refractivity contribution is 14.1. The summed E-state index contributed by atoms with van der Waals surface area (Å²) in [6.07, 6.45) is 1.63. The first kappa shape index (κ1) is 14.0. The van der Waals surface area contributed by atoms with Crippen molar-refractivity contribution in [2.75, 3.05) is 7.11 Å². The summed E-state index contributed by atoms with van der Waals surface area (Å²) in [5, 5.41) is 0. The Morgan fingerprint density at radius 2 is 1.76 bits per heavy atom. The minimum absolute atomic E-state index is 0.154. The number of aromatic nitrogens is 1. The molecule has 1 aromatic heterocycles. The number of pyridine rings is 1. The number of ether oxygens (including phenoxy) is 1. The predicted octanol–water partition coefficient (Wildman–Crippen LogP) is 2.49. The number of nitrogens with zero attached hydrogens (tertiary/aromatic N) is 2. The number of halogens is 1. The molecule has 106 valence electrons. The van der Waals surface area contributed by atoms with Gasteiger partial charge in [0, 0.05) is 15.3 Å². The van der Waals surface area contributed by atoms with Gasteiger partial charge < -0.3 is 4.74 Å². The molecule has 0 bridgehead atoms. The van der Waals surface area contributed by atoms with Crippen LogP contribution in [0.1, 0.15) is 26.3 Å². The minimum Gasteiger partial charge on any atom is -0.481 e. The van der Waals surface area contributed by atoms with Gasteiger partial charge in [-0.25, -0.2) is 4.98 Å². The van der Waals surface area contributed by atoms with Crippen LogP contribution in [-0.4, -0.2) is 28.8 Å². The fourth-order valence-electron chi connectivity index (χ4n) is 2.31. The third-order valence-corrected chi connectivity index (χ3v) is 4.36. The van der Waals surface area contributed by atoms with Gasteiger partial charge in [0.25, 0.3) is 11.8 Å². The highest BCUT2D eigenvalue weighted by Gasteiger charge is 2.35. The van der Waals surface area contributed by atoms with E-state index in [9.17, 15) is 9.59 Å². The Bertz CT molecular complexity index is 710. The average Bonchev–Trinajstić information content (AvgIpc) is 2.74. The van der Waals surface area contributed by atoms with Crippen LogP contribution >= 0.6 is 22.6 Å². The molecule has 0 saturated carbocycles. The van der Waals surface area contributed by atoms with E-state index in [1.807, 2.05) is 6.07 Å². The van der Waals surface area contributed by atoms with Gasteiger partial charge >= 0.3 is 0 Å². The number of carbonyl (C=O) groups excluding carboxylic acids is 2. The Balaban J connectivity index is 1.98. The highest BCUT2D eigenvalue weighted by atomic mass is 127. The summed E-state index contributed by atoms with van der Waals surface area (Å²) in [7, 11) is 1.52. The van der Waals surface area contributed by atoms with Crippen LogP contribution in [0.2, 0.25) is 0 Å². The zero-order valence-corrected chi connectivity index (χ0v) is 13.3. The van der Waals surface area contributed by atoms with Crippen LogP contribution in [0.3, 0.4) is 0 Å². The van der Waals surface area contributed by atoms with E-state index in [1.165, 1.54) is 12.0 Å². The minimum atomic E-state index is -0.280. The van der Waals surface area contributed by atoms with Crippen molar-refractivity contribution in [3.05, 3.63) is 56.8 Å². The van der Waals surface area contributed by atoms with Crippen molar-refractivity contribution < 1.29 is 14.3 Å². The number of fused-ring (bicyclic) bond motifs is 1. The van der Waals surface area contributed by atoms with Crippen LogP contribution in [-0.2, 0) is 6.54 Å². The summed E-state index contributed by atoms with van der Waals surface area (Å²) in [5.41, 5.74) is 1.62. The van der Waals surface area contributed by atoms with Crippen molar-refractivity contribution >= 4 is 34.4 Å². The number of hydrogen-bond acceptors (Lipinski definition) is 4. The lowest BCUT2D eigenvalue weighted by Crippen LogP contribution is -2.29. The fraction of sp³-hybridized carbons (Fsp3) is 0.133. The average molecular weight is 394 g/mol. The van der Waals surface area contributed by atoms with Gasteiger partial charge in [-0.2, -0.15) is 0 Å². The van der Waals surface area contributed by atoms with E-state index in [2.05, 4.69) is 27.6 Å². The maximum Gasteiger partial charge on any atom is 0.261 e. The van der Waals surface area contributed by atoms with Gasteiger partial charge in [0.15, 0.2) is 0 Å². The maximum atomic E-state index is 12.4. The number of imide groups is 1. The Kier molecular flexibility index (Phi) is 3.62. The Morgan fingerprint density at radius 3 is 2.33 bits per heavy atom. The van der Waals surface area contributed by atoms with E-state index in [4.69, 9.17) is 4.74 Å². The first-order chi connectivity index (χ1) is 10.1. The number of amides is 2. The molecule has 0 unspecified atom stereocenters. The number of hydrogen-bond donors (Lipinski definition) is 0. The van der Waals surface area contributed by atoms with Crippen LogP contribution in [0.5, 0.6) is 5.88 Å². The van der Waals surface area contributed by atoms with Crippen molar-refractivity contribution in [1.29, 1.82) is 0 Å². The molecule has 1 aliphatic heterocycles. The molecule has 3 rings (SSSR count). The molecule has 1 aliphatic rings. The first-order valence-corrected chi connectivity index (χ1v) is 7.34. The Hall–Kier alpha value is -1.96. The maximum absolute atomic E-state index is 12.4. The summed E-state index contributed by atoms with van der Waals surface area (Å²) >= 11 is 2.14. The number of carbonyl (C=O) groups is 2. The molecule has 0 fully saturated rings. The standard InChI is InChI=1S/C15H11IN2O3/c1-21-13-11(12(16)6-7-17-13)8-18-14(19)9-4-2-3-5-10(9)15(18)20/h2-7H,8H2,1H3. The van der Waals surface area contributed by atoms with Crippen molar-refractivity contribution in [2.45, 2.75) is 6.54 Å². The first-order valence-electron chi connectivity index (χ1n) is 6.26. The molecular formula is C15H11IN2O3. The van der Waals surface area contributed by atoms with Gasteiger partial charge in [-0.15, -0.1) is 0 Å². The zero-order chi connectivity index (χ0) is 15.0. The molecule has 0 saturated heterocycles. The van der Waals surface area contributed by atoms with Crippen LogP contribution in [0.4, 0.5) is 0 Å². The van der Waals surface area contributed by atoms with Crippen molar-refractivity contribution in [2.24, 2.45) is 0 Å². The van der Waals surface area contributed by atoms with Gasteiger partial charge in [0.2, 0.25) is 5.88 Å². The normalized spacial score (nSPS) is 13.5. The summed E-state index contributed by atoms with van der Waals surface area (Å²) < 4.78 is 6.12. The van der Waals surface area contributed by atoms with E-state index in [0.29, 0.717) is 17.0 Å². The van der Waals surface area contributed by atoms with Crippen LogP contribution in [0.15, 0.2) is 36.5 Å². The SMILES string of the molecule is COc1nccc(I)c1CN1C(=O)c2ccccc2C1=O. The lowest BCUT2D eigenvalue weighted by atomic mass is 10.1. The van der Waals surface area contributed by atoms with Crippen LogP contribution in [0.25, 0.3) is 0 Å². The summed E-state index contributed by atoms with van der Waals surface area (Å²) in [6, 6.07) is 8.66. The van der Waals surface area contributed by atoms with Gasteiger partial charge in [0.1, 0.15) is 0 Å². The van der Waals surface area contributed by atoms with E-state index < -0.39 is 0 Å². The summed E-state index contributed by atoms with van der Waals surface area (Å²) in [4.78, 5) is 30.1. The van der Waals surface area contributed by atoms with Crippen LogP contribution < -0.4 is 4.74 Å². The van der Waals surface area contributed by atoms with Crippen molar-refractivity contribution in [3.8, 4) is 5.88 Å². The van der Waals surface area contributed by atoms with Gasteiger partial charge in [-0.05, 0) is 40.8 Å². The van der Waals surface area contributed by atoms with E-state index in [1.54, 1.807) is 30.5 Å². The molecule has 0 radical (unpaired) electrons. The fourth-order valence-corrected chi connectivity index (χ4v) is 2.87. The molecule has 5 nitrogen and oxygen atoms in total. The molecule has 6 heteroatoms. The van der Waals surface area contributed by atoms with E-state index in [0.717, 1.165) is 9.13 Å². The smallest absolute Gasteiger partial charge is 0.261 e. The summed E-state index contributed by atoms with van der Waals surface area (Å²) in [5.74, 6) is -0.131. The third-order valence-electron chi connectivity index (χ3n) is 3.35. The van der Waals surface area contributed by atoms with E-state index in [-0.39, 0.29) is 18.4 Å². The number of methoxy groups -OCH3 is 1. The molecule has 1 aromatic carbocycles. The summed E-state index contributed by atoms with van der Waals surface area (Å²) in [6.45, 7) is 0.154. The van der Waals surface area contributed by atoms with Crippen molar-refractivity contribution in [3.63, 3.8) is 0 Å². The third kappa shape index (κ3) is 2.29. The second-order valence-corrected chi connectivity index (χ2v) is 5.68. The molecule has 0 atom stereocenters. The van der Waals surface area contributed by atoms with Gasteiger partial charge in [0.05, 0.1) is 24.8 Å². The monoisotopic (exact) mass is 394 g/mol. The van der Waals surface area contributed by atoms with Crippen LogP contribution in [0, 0.1) is 3.57 Å². The zero-order valence-electron chi connectivity index (χ0n) is 11.2. The molecule has 0 spiro atoms. The Labute approximate surface area is 135 Å². The lowest BCUT2D eigenvalue weighted by molar-refractivity contribution is 0.0641. The van der Waals surface area contributed by atoms with Gasteiger partial charge in [-0.3, -0.25) is 14.5 Å². The second-order valence-electron chi connectivity index (χ2n) is 4.52. The van der Waals surface area contributed by atoms with E-state index >= 15 is 0 Å². The highest BCUT2D eigenvalue weighted by Crippen LogP contribution is 2.28. The second kappa shape index (κ2) is 5.44. The molecular weight excluding hydrogens is 383 g/mol.